The summed E-state index contributed by atoms with van der Waals surface area (Å²) in [5.74, 6) is -0.922. The van der Waals surface area contributed by atoms with E-state index in [1.54, 1.807) is 31.1 Å². The summed E-state index contributed by atoms with van der Waals surface area (Å²) in [6.45, 7) is 6.11. The van der Waals surface area contributed by atoms with Crippen LogP contribution in [0.1, 0.15) is 40.1 Å². The molecule has 0 fully saturated rings. The van der Waals surface area contributed by atoms with E-state index in [0.29, 0.717) is 17.7 Å². The maximum Gasteiger partial charge on any atom is 0.259 e. The molecule has 0 bridgehead atoms. The lowest BCUT2D eigenvalue weighted by molar-refractivity contribution is 0.0313. The Morgan fingerprint density at radius 2 is 1.92 bits per heavy atom. The summed E-state index contributed by atoms with van der Waals surface area (Å²) >= 11 is 0. The average molecular weight is 506 g/mol. The van der Waals surface area contributed by atoms with Crippen LogP contribution in [0.2, 0.25) is 0 Å². The highest BCUT2D eigenvalue weighted by Gasteiger charge is 2.35. The van der Waals surface area contributed by atoms with Crippen LogP contribution in [0.4, 0.5) is 4.39 Å². The van der Waals surface area contributed by atoms with Gasteiger partial charge < -0.3 is 19.6 Å². The summed E-state index contributed by atoms with van der Waals surface area (Å²) in [5, 5.41) is 9.88. The predicted molar refractivity (Wildman–Crippen MR) is 139 cm³/mol. The molecule has 4 rings (SSSR count). The van der Waals surface area contributed by atoms with Gasteiger partial charge in [0.2, 0.25) is 5.88 Å². The van der Waals surface area contributed by atoms with Gasteiger partial charge in [0.1, 0.15) is 17.5 Å². The minimum atomic E-state index is -0.480. The van der Waals surface area contributed by atoms with Crippen molar-refractivity contribution in [3.63, 3.8) is 0 Å². The monoisotopic (exact) mass is 505 g/mol. The average Bonchev–Trinajstić information content (AvgIpc) is 2.90. The van der Waals surface area contributed by atoms with E-state index in [1.807, 2.05) is 38.1 Å². The molecule has 1 aromatic heterocycles. The van der Waals surface area contributed by atoms with Crippen LogP contribution in [-0.2, 0) is 0 Å². The summed E-state index contributed by atoms with van der Waals surface area (Å²) < 4.78 is 19.6. The number of aliphatic hydroxyl groups is 1. The number of hydrogen-bond donors (Lipinski definition) is 1. The first-order chi connectivity index (χ1) is 17.7. The van der Waals surface area contributed by atoms with E-state index < -0.39 is 18.0 Å². The highest BCUT2D eigenvalue weighted by Crippen LogP contribution is 2.31. The van der Waals surface area contributed by atoms with Crippen molar-refractivity contribution in [2.45, 2.75) is 32.9 Å². The van der Waals surface area contributed by atoms with Crippen LogP contribution in [0.3, 0.4) is 0 Å². The molecule has 8 heteroatoms. The van der Waals surface area contributed by atoms with Crippen LogP contribution >= 0.6 is 0 Å². The van der Waals surface area contributed by atoms with Crippen LogP contribution < -0.4 is 4.74 Å². The number of fused-ring (bicyclic) bond motifs is 1. The molecule has 1 aliphatic rings. The molecule has 7 nitrogen and oxygen atoms in total. The first kappa shape index (κ1) is 26.3. The lowest BCUT2D eigenvalue weighted by Crippen LogP contribution is -2.50. The number of nitrogens with zero attached hydrogens (tertiary/aromatic N) is 3. The van der Waals surface area contributed by atoms with E-state index in [-0.39, 0.29) is 36.8 Å². The number of hydrogen-bond acceptors (Lipinski definition) is 5. The normalized spacial score (nSPS) is 18.3. The van der Waals surface area contributed by atoms with Gasteiger partial charge in [-0.05, 0) is 55.3 Å². The Kier molecular flexibility index (Phi) is 7.88. The van der Waals surface area contributed by atoms with Gasteiger partial charge in [-0.1, -0.05) is 31.2 Å². The van der Waals surface area contributed by atoms with Crippen molar-refractivity contribution in [3.05, 3.63) is 83.3 Å². The number of aliphatic hydroxyl groups excluding tert-OH is 1. The molecule has 0 unspecified atom stereocenters. The Hall–Kier alpha value is -3.78. The van der Waals surface area contributed by atoms with Crippen molar-refractivity contribution in [3.8, 4) is 17.0 Å². The van der Waals surface area contributed by atoms with E-state index in [1.165, 1.54) is 29.2 Å². The first-order valence-electron chi connectivity index (χ1n) is 12.3. The van der Waals surface area contributed by atoms with Crippen LogP contribution in [-0.4, -0.2) is 70.6 Å². The number of benzene rings is 2. The van der Waals surface area contributed by atoms with Gasteiger partial charge in [-0.25, -0.2) is 9.37 Å². The van der Waals surface area contributed by atoms with Gasteiger partial charge in [0, 0.05) is 36.8 Å². The molecule has 0 aliphatic carbocycles. The van der Waals surface area contributed by atoms with E-state index in [0.717, 1.165) is 16.7 Å². The molecule has 1 aliphatic heterocycles. The lowest BCUT2D eigenvalue weighted by Gasteiger charge is -2.37. The van der Waals surface area contributed by atoms with E-state index in [9.17, 15) is 19.1 Å². The van der Waals surface area contributed by atoms with Crippen LogP contribution in [0, 0.1) is 18.7 Å². The summed E-state index contributed by atoms with van der Waals surface area (Å²) in [6, 6.07) is 14.6. The lowest BCUT2D eigenvalue weighted by atomic mass is 9.98. The minimum absolute atomic E-state index is 0.174. The number of carbonyl (C=O) groups is 2. The molecule has 0 radical (unpaired) electrons. The summed E-state index contributed by atoms with van der Waals surface area (Å²) in [6.07, 6.45) is 1.21. The fourth-order valence-electron chi connectivity index (χ4n) is 4.53. The molecule has 0 saturated carbocycles. The Morgan fingerprint density at radius 1 is 1.22 bits per heavy atom. The summed E-state index contributed by atoms with van der Waals surface area (Å²) in [4.78, 5) is 34.3. The summed E-state index contributed by atoms with van der Waals surface area (Å²) in [7, 11) is 1.66. The Labute approximate surface area is 216 Å². The maximum absolute atomic E-state index is 13.7. The number of pyridine rings is 1. The van der Waals surface area contributed by atoms with Crippen molar-refractivity contribution in [1.82, 2.24) is 14.8 Å². The number of aromatic nitrogens is 1. The van der Waals surface area contributed by atoms with Gasteiger partial charge in [0.15, 0.2) is 0 Å². The number of halogens is 1. The topological polar surface area (TPSA) is 83.0 Å². The second-order valence-electron chi connectivity index (χ2n) is 9.71. The molecule has 1 N–H and O–H groups in total. The van der Waals surface area contributed by atoms with Crippen LogP contribution in [0.5, 0.6) is 5.88 Å². The van der Waals surface area contributed by atoms with Crippen molar-refractivity contribution in [2.24, 2.45) is 5.92 Å². The molecule has 2 amide bonds. The smallest absolute Gasteiger partial charge is 0.259 e. The zero-order valence-electron chi connectivity index (χ0n) is 21.5. The highest BCUT2D eigenvalue weighted by molar-refractivity contribution is 5.98. The molecule has 3 aromatic rings. The van der Waals surface area contributed by atoms with E-state index in [2.05, 4.69) is 4.98 Å². The molecular weight excluding hydrogens is 473 g/mol. The number of rotatable bonds is 6. The van der Waals surface area contributed by atoms with E-state index >= 15 is 0 Å². The largest absolute Gasteiger partial charge is 0.472 e. The molecule has 0 saturated heterocycles. The van der Waals surface area contributed by atoms with Crippen molar-refractivity contribution in [2.75, 3.05) is 26.7 Å². The van der Waals surface area contributed by atoms with E-state index in [4.69, 9.17) is 4.74 Å². The molecule has 3 atom stereocenters. The third-order valence-corrected chi connectivity index (χ3v) is 6.87. The summed E-state index contributed by atoms with van der Waals surface area (Å²) in [5.41, 5.74) is 3.49. The van der Waals surface area contributed by atoms with Gasteiger partial charge >= 0.3 is 0 Å². The van der Waals surface area contributed by atoms with Crippen LogP contribution in [0.15, 0.2) is 60.8 Å². The molecule has 0 spiro atoms. The SMILES string of the molecule is Cc1ccccc1-c1cnc2c(c1)C(=O)N([C@@H](C)CO)C[C@@H](C)[C@@H](CN(C)C(=O)c1ccc(F)cc1)O2. The van der Waals surface area contributed by atoms with Crippen LogP contribution in [0.25, 0.3) is 11.1 Å². The first-order valence-corrected chi connectivity index (χ1v) is 12.3. The second-order valence-corrected chi connectivity index (χ2v) is 9.71. The second kappa shape index (κ2) is 11.1. The number of ether oxygens (including phenoxy) is 1. The Morgan fingerprint density at radius 3 is 2.59 bits per heavy atom. The minimum Gasteiger partial charge on any atom is -0.472 e. The molecule has 2 heterocycles. The number of carbonyl (C=O) groups excluding carboxylic acids is 2. The quantitative estimate of drug-likeness (QED) is 0.543. The van der Waals surface area contributed by atoms with Gasteiger partial charge in [-0.15, -0.1) is 0 Å². The van der Waals surface area contributed by atoms with Crippen molar-refractivity contribution >= 4 is 11.8 Å². The Balaban J connectivity index is 1.68. The van der Waals surface area contributed by atoms with Crippen molar-refractivity contribution in [1.29, 1.82) is 0 Å². The fourth-order valence-corrected chi connectivity index (χ4v) is 4.53. The van der Waals surface area contributed by atoms with Gasteiger partial charge in [0.05, 0.1) is 19.2 Å². The van der Waals surface area contributed by atoms with Crippen molar-refractivity contribution < 1.29 is 23.8 Å². The predicted octanol–water partition coefficient (Wildman–Crippen LogP) is 4.19. The van der Waals surface area contributed by atoms with Gasteiger partial charge in [0.25, 0.3) is 11.8 Å². The Bertz CT molecular complexity index is 1280. The molecule has 194 valence electrons. The zero-order valence-corrected chi connectivity index (χ0v) is 21.5. The highest BCUT2D eigenvalue weighted by atomic mass is 19.1. The zero-order chi connectivity index (χ0) is 26.7. The van der Waals surface area contributed by atoms with Gasteiger partial charge in [-0.3, -0.25) is 9.59 Å². The maximum atomic E-state index is 13.7. The molecule has 37 heavy (non-hydrogen) atoms. The number of aryl methyl sites for hydroxylation is 1. The fraction of sp³-hybridized carbons (Fsp3) is 0.345. The standard InChI is InChI=1S/C29H32FN3O4/c1-18-7-5-6-8-24(18)22-13-25-27(31-14-22)37-26(19(2)15-33(29(25)36)20(3)17-34)16-32(4)28(35)21-9-11-23(30)12-10-21/h5-14,19-20,26,34H,15-17H2,1-4H3/t19-,20+,26-/m1/s1. The third kappa shape index (κ3) is 5.64. The third-order valence-electron chi connectivity index (χ3n) is 6.87. The molecular formula is C29H32FN3O4. The molecule has 2 aromatic carbocycles. The van der Waals surface area contributed by atoms with Gasteiger partial charge in [-0.2, -0.15) is 0 Å². The number of amides is 2. The number of likely N-dealkylation sites (N-methyl/N-ethyl adjacent to an activating group) is 1.